The summed E-state index contributed by atoms with van der Waals surface area (Å²) in [5.41, 5.74) is 0. The Bertz CT molecular complexity index is 394. The van der Waals surface area contributed by atoms with Gasteiger partial charge in [0.15, 0.2) is 4.75 Å². The molecule has 1 aliphatic heterocycles. The summed E-state index contributed by atoms with van der Waals surface area (Å²) in [5, 5.41) is 9.01. The summed E-state index contributed by atoms with van der Waals surface area (Å²) in [7, 11) is -1.74. The molecule has 0 atom stereocenters. The van der Waals surface area contributed by atoms with Crippen LogP contribution in [0.4, 0.5) is 0 Å². The molecule has 0 aromatic rings. The summed E-state index contributed by atoms with van der Waals surface area (Å²) in [6.45, 7) is 2.12. The number of carbonyl (C=O) groups is 1. The van der Waals surface area contributed by atoms with Gasteiger partial charge in [-0.2, -0.15) is 4.31 Å². The first kappa shape index (κ1) is 11.8. The lowest BCUT2D eigenvalue weighted by Gasteiger charge is -2.33. The molecule has 92 valence electrons. The minimum absolute atomic E-state index is 0.247. The number of likely N-dealkylation sites (N-methyl/N-ethyl adjacent to an activating group) is 1. The molecule has 2 fully saturated rings. The highest BCUT2D eigenvalue weighted by Gasteiger charge is 2.63. The molecular weight excluding hydrogens is 232 g/mol. The van der Waals surface area contributed by atoms with Crippen molar-refractivity contribution >= 4 is 16.0 Å². The highest BCUT2D eigenvalue weighted by atomic mass is 32.2. The summed E-state index contributed by atoms with van der Waals surface area (Å²) >= 11 is 0. The second kappa shape index (κ2) is 3.68. The number of carboxylic acids is 1. The monoisotopic (exact) mass is 248 g/mol. The van der Waals surface area contributed by atoms with Crippen molar-refractivity contribution in [2.24, 2.45) is 0 Å². The minimum Gasteiger partial charge on any atom is -0.480 e. The summed E-state index contributed by atoms with van der Waals surface area (Å²) in [5.74, 6) is -1.20. The van der Waals surface area contributed by atoms with E-state index in [-0.39, 0.29) is 12.8 Å². The third-order valence-electron chi connectivity index (χ3n) is 3.39. The van der Waals surface area contributed by atoms with E-state index >= 15 is 0 Å². The zero-order chi connectivity index (χ0) is 12.0. The summed E-state index contributed by atoms with van der Waals surface area (Å²) in [4.78, 5) is 13.1. The molecule has 7 heteroatoms. The Morgan fingerprint density at radius 2 is 1.69 bits per heavy atom. The van der Waals surface area contributed by atoms with Crippen molar-refractivity contribution in [3.8, 4) is 0 Å². The number of aliphatic carboxylic acids is 1. The van der Waals surface area contributed by atoms with E-state index < -0.39 is 20.7 Å². The number of rotatable bonds is 3. The van der Waals surface area contributed by atoms with Gasteiger partial charge in [0, 0.05) is 26.2 Å². The Kier molecular flexibility index (Phi) is 2.72. The average molecular weight is 248 g/mol. The normalized spacial score (nSPS) is 26.6. The van der Waals surface area contributed by atoms with E-state index in [9.17, 15) is 13.2 Å². The maximum Gasteiger partial charge on any atom is 0.326 e. The third kappa shape index (κ3) is 1.63. The number of sulfonamides is 1. The van der Waals surface area contributed by atoms with Gasteiger partial charge in [0.2, 0.25) is 10.0 Å². The van der Waals surface area contributed by atoms with Crippen molar-refractivity contribution in [2.75, 3.05) is 33.2 Å². The molecule has 0 spiro atoms. The Hall–Kier alpha value is -0.660. The summed E-state index contributed by atoms with van der Waals surface area (Å²) in [6, 6.07) is 0. The van der Waals surface area contributed by atoms with Gasteiger partial charge in [-0.25, -0.2) is 8.42 Å². The number of carboxylic acid groups (broad SMARTS) is 1. The van der Waals surface area contributed by atoms with Gasteiger partial charge in [0.1, 0.15) is 0 Å². The summed E-state index contributed by atoms with van der Waals surface area (Å²) in [6.07, 6.45) is 0.494. The molecule has 1 saturated heterocycles. The Morgan fingerprint density at radius 1 is 1.19 bits per heavy atom. The fourth-order valence-electron chi connectivity index (χ4n) is 1.97. The molecule has 2 aliphatic rings. The van der Waals surface area contributed by atoms with Gasteiger partial charge in [-0.15, -0.1) is 0 Å². The van der Waals surface area contributed by atoms with Crippen LogP contribution in [0, 0.1) is 0 Å². The van der Waals surface area contributed by atoms with Crippen LogP contribution < -0.4 is 0 Å². The molecule has 0 radical (unpaired) electrons. The van der Waals surface area contributed by atoms with Crippen LogP contribution in [-0.2, 0) is 14.8 Å². The minimum atomic E-state index is -3.67. The van der Waals surface area contributed by atoms with Crippen molar-refractivity contribution in [1.82, 2.24) is 9.21 Å². The second-order valence-electron chi connectivity index (χ2n) is 4.51. The fraction of sp³-hybridized carbons (Fsp3) is 0.889. The molecule has 1 aliphatic carbocycles. The standard InChI is InChI=1S/C9H16N2O4S/c1-10-4-6-11(7-5-10)16(14,15)9(2-3-9)8(12)13/h2-7H2,1H3,(H,12,13). The van der Waals surface area contributed by atoms with E-state index in [2.05, 4.69) is 0 Å². The van der Waals surface area contributed by atoms with Crippen LogP contribution in [0.2, 0.25) is 0 Å². The molecule has 0 aromatic carbocycles. The van der Waals surface area contributed by atoms with Gasteiger partial charge in [-0.3, -0.25) is 4.79 Å². The van der Waals surface area contributed by atoms with Gasteiger partial charge in [0.05, 0.1) is 0 Å². The molecular formula is C9H16N2O4S. The van der Waals surface area contributed by atoms with E-state index in [1.165, 1.54) is 4.31 Å². The summed E-state index contributed by atoms with van der Waals surface area (Å²) < 4.78 is 24.1. The van der Waals surface area contributed by atoms with Crippen molar-refractivity contribution in [2.45, 2.75) is 17.6 Å². The number of nitrogens with zero attached hydrogens (tertiary/aromatic N) is 2. The molecule has 1 N–H and O–H groups in total. The lowest BCUT2D eigenvalue weighted by atomic mass is 10.4. The van der Waals surface area contributed by atoms with Crippen LogP contribution in [0.1, 0.15) is 12.8 Å². The van der Waals surface area contributed by atoms with E-state index in [0.29, 0.717) is 26.2 Å². The average Bonchev–Trinajstić information content (AvgIpc) is 2.98. The van der Waals surface area contributed by atoms with Crippen LogP contribution in [0.3, 0.4) is 0 Å². The zero-order valence-corrected chi connectivity index (χ0v) is 10.0. The number of piperazine rings is 1. The first-order chi connectivity index (χ1) is 7.40. The SMILES string of the molecule is CN1CCN(S(=O)(=O)C2(C(=O)O)CC2)CC1. The van der Waals surface area contributed by atoms with Crippen LogP contribution in [0.25, 0.3) is 0 Å². The number of hydrogen-bond donors (Lipinski definition) is 1. The maximum absolute atomic E-state index is 12.1. The lowest BCUT2D eigenvalue weighted by Crippen LogP contribution is -2.52. The van der Waals surface area contributed by atoms with Crippen molar-refractivity contribution in [1.29, 1.82) is 0 Å². The van der Waals surface area contributed by atoms with E-state index in [0.717, 1.165) is 0 Å². The highest BCUT2D eigenvalue weighted by molar-refractivity contribution is 7.91. The molecule has 2 rings (SSSR count). The van der Waals surface area contributed by atoms with Gasteiger partial charge in [-0.1, -0.05) is 0 Å². The number of hydrogen-bond acceptors (Lipinski definition) is 4. The highest BCUT2D eigenvalue weighted by Crippen LogP contribution is 2.45. The second-order valence-corrected chi connectivity index (χ2v) is 6.75. The molecule has 0 unspecified atom stereocenters. The lowest BCUT2D eigenvalue weighted by molar-refractivity contribution is -0.137. The van der Waals surface area contributed by atoms with Crippen molar-refractivity contribution < 1.29 is 18.3 Å². The molecule has 16 heavy (non-hydrogen) atoms. The smallest absolute Gasteiger partial charge is 0.326 e. The van der Waals surface area contributed by atoms with Crippen LogP contribution >= 0.6 is 0 Å². The Balaban J connectivity index is 2.17. The molecule has 6 nitrogen and oxygen atoms in total. The topological polar surface area (TPSA) is 77.9 Å². The van der Waals surface area contributed by atoms with Crippen molar-refractivity contribution in [3.05, 3.63) is 0 Å². The van der Waals surface area contributed by atoms with Gasteiger partial charge < -0.3 is 10.0 Å². The first-order valence-corrected chi connectivity index (χ1v) is 6.76. The fourth-order valence-corrected chi connectivity index (χ4v) is 3.95. The molecule has 1 heterocycles. The van der Waals surface area contributed by atoms with E-state index in [4.69, 9.17) is 5.11 Å². The van der Waals surface area contributed by atoms with Crippen molar-refractivity contribution in [3.63, 3.8) is 0 Å². The third-order valence-corrected chi connectivity index (χ3v) is 6.01. The van der Waals surface area contributed by atoms with Gasteiger partial charge in [-0.05, 0) is 19.9 Å². The van der Waals surface area contributed by atoms with Crippen LogP contribution in [0.15, 0.2) is 0 Å². The van der Waals surface area contributed by atoms with E-state index in [1.807, 2.05) is 11.9 Å². The van der Waals surface area contributed by atoms with Crippen LogP contribution in [0.5, 0.6) is 0 Å². The zero-order valence-electron chi connectivity index (χ0n) is 9.22. The van der Waals surface area contributed by atoms with Gasteiger partial charge >= 0.3 is 5.97 Å². The Labute approximate surface area is 94.9 Å². The molecule has 0 bridgehead atoms. The molecule has 0 amide bonds. The first-order valence-electron chi connectivity index (χ1n) is 5.32. The Morgan fingerprint density at radius 3 is 2.06 bits per heavy atom. The molecule has 1 saturated carbocycles. The predicted octanol–water partition coefficient (Wildman–Crippen LogP) is -0.819. The largest absolute Gasteiger partial charge is 0.480 e. The predicted molar refractivity (Wildman–Crippen MR) is 57.6 cm³/mol. The van der Waals surface area contributed by atoms with Gasteiger partial charge in [0.25, 0.3) is 0 Å². The maximum atomic E-state index is 12.1. The van der Waals surface area contributed by atoms with Crippen LogP contribution in [-0.4, -0.2) is 66.7 Å². The van der Waals surface area contributed by atoms with E-state index in [1.54, 1.807) is 0 Å². The quantitative estimate of drug-likeness (QED) is 0.706. The molecule has 0 aromatic heterocycles.